The van der Waals surface area contributed by atoms with Gasteiger partial charge in [-0.2, -0.15) is 0 Å². The Morgan fingerprint density at radius 1 is 1.10 bits per heavy atom. The van der Waals surface area contributed by atoms with Crippen molar-refractivity contribution >= 4 is 45.2 Å². The van der Waals surface area contributed by atoms with Crippen LogP contribution in [0.4, 0.5) is 5.69 Å². The number of carbonyl (C=O) groups is 1. The van der Waals surface area contributed by atoms with Crippen molar-refractivity contribution < 1.29 is 9.21 Å². The van der Waals surface area contributed by atoms with Gasteiger partial charge in [-0.25, -0.2) is 4.98 Å². The minimum Gasteiger partial charge on any atom is -0.433 e. The molecule has 0 spiro atoms. The molecule has 0 atom stereocenters. The molecule has 0 bridgehead atoms. The number of fused-ring (bicyclic) bond motifs is 2. The van der Waals surface area contributed by atoms with E-state index in [2.05, 4.69) is 34.3 Å². The lowest BCUT2D eigenvalue weighted by Gasteiger charge is -2.23. The summed E-state index contributed by atoms with van der Waals surface area (Å²) in [6.07, 6.45) is 0.843. The molecule has 4 rings (SSSR count). The van der Waals surface area contributed by atoms with Crippen molar-refractivity contribution in [1.29, 1.82) is 0 Å². The Bertz CT molecular complexity index is 1140. The number of amides is 1. The first kappa shape index (κ1) is 19.3. The molecule has 0 aliphatic rings. The molecule has 0 aliphatic carbocycles. The molecule has 0 radical (unpaired) electrons. The van der Waals surface area contributed by atoms with Crippen LogP contribution in [0, 0.1) is 0 Å². The van der Waals surface area contributed by atoms with Gasteiger partial charge in [0.1, 0.15) is 0 Å². The third-order valence-corrected chi connectivity index (χ3v) is 5.12. The molecule has 6 heteroatoms. The fraction of sp³-hybridized carbons (Fsp3) is 0.217. The van der Waals surface area contributed by atoms with E-state index in [0.29, 0.717) is 17.3 Å². The van der Waals surface area contributed by atoms with Gasteiger partial charge in [-0.3, -0.25) is 4.79 Å². The van der Waals surface area contributed by atoms with Gasteiger partial charge < -0.3 is 14.6 Å². The summed E-state index contributed by atoms with van der Waals surface area (Å²) in [4.78, 5) is 19.2. The summed E-state index contributed by atoms with van der Waals surface area (Å²) >= 11 is 6.03. The second-order valence-corrected chi connectivity index (χ2v) is 7.29. The fourth-order valence-corrected chi connectivity index (χ4v) is 3.54. The van der Waals surface area contributed by atoms with Crippen LogP contribution >= 0.6 is 11.6 Å². The van der Waals surface area contributed by atoms with E-state index >= 15 is 0 Å². The Balaban J connectivity index is 1.38. The number of carbonyl (C=O) groups excluding carboxylic acids is 1. The third kappa shape index (κ3) is 4.35. The molecule has 4 aromatic rings. The molecule has 148 valence electrons. The number of nitrogens with zero attached hydrogens (tertiary/aromatic N) is 2. The van der Waals surface area contributed by atoms with E-state index in [1.807, 2.05) is 36.4 Å². The minimum absolute atomic E-state index is 0.229. The van der Waals surface area contributed by atoms with E-state index in [0.717, 1.165) is 35.8 Å². The topological polar surface area (TPSA) is 58.4 Å². The number of aromatic nitrogens is 1. The lowest BCUT2D eigenvalue weighted by atomic mass is 10.2. The van der Waals surface area contributed by atoms with Crippen LogP contribution in [-0.2, 0) is 0 Å². The molecule has 0 saturated heterocycles. The second-order valence-electron chi connectivity index (χ2n) is 6.86. The Morgan fingerprint density at radius 2 is 1.93 bits per heavy atom. The zero-order valence-electron chi connectivity index (χ0n) is 16.2. The van der Waals surface area contributed by atoms with E-state index in [1.54, 1.807) is 12.1 Å². The first-order valence-electron chi connectivity index (χ1n) is 9.72. The molecule has 1 amide bonds. The highest BCUT2D eigenvalue weighted by Gasteiger charge is 2.14. The van der Waals surface area contributed by atoms with Crippen molar-refractivity contribution in [2.75, 3.05) is 24.5 Å². The number of anilines is 1. The van der Waals surface area contributed by atoms with Crippen LogP contribution in [0.1, 0.15) is 23.9 Å². The van der Waals surface area contributed by atoms with Gasteiger partial charge in [-0.1, -0.05) is 35.9 Å². The summed E-state index contributed by atoms with van der Waals surface area (Å²) in [6.45, 7) is 4.49. The summed E-state index contributed by atoms with van der Waals surface area (Å²) in [7, 11) is 0. The second kappa shape index (κ2) is 8.53. The Labute approximate surface area is 174 Å². The lowest BCUT2D eigenvalue weighted by molar-refractivity contribution is 0.0927. The maximum Gasteiger partial charge on any atom is 0.287 e. The van der Waals surface area contributed by atoms with Crippen molar-refractivity contribution in [1.82, 2.24) is 10.3 Å². The Morgan fingerprint density at radius 3 is 2.72 bits per heavy atom. The fourth-order valence-electron chi connectivity index (χ4n) is 3.38. The molecule has 0 unspecified atom stereocenters. The molecule has 0 saturated carbocycles. The molecule has 1 N–H and O–H groups in total. The first-order chi connectivity index (χ1) is 14.1. The van der Waals surface area contributed by atoms with Crippen molar-refractivity contribution in [2.24, 2.45) is 0 Å². The van der Waals surface area contributed by atoms with Crippen LogP contribution in [0.2, 0.25) is 5.02 Å². The monoisotopic (exact) mass is 407 g/mol. The normalized spacial score (nSPS) is 11.1. The maximum atomic E-state index is 12.5. The number of rotatable bonds is 7. The van der Waals surface area contributed by atoms with Gasteiger partial charge in [0, 0.05) is 41.1 Å². The van der Waals surface area contributed by atoms with Crippen molar-refractivity contribution in [3.05, 3.63) is 71.4 Å². The smallest absolute Gasteiger partial charge is 0.287 e. The highest BCUT2D eigenvalue weighted by atomic mass is 35.5. The van der Waals surface area contributed by atoms with Gasteiger partial charge >= 0.3 is 0 Å². The molecule has 0 aliphatic heterocycles. The molecule has 2 aromatic carbocycles. The standard InChI is InChI=1S/C23H22ClN3O2/c1-2-27(19-7-4-3-5-8-19)12-6-11-25-22(28)21-14-17-13-16-9-10-18(24)15-20(16)26-23(17)29-21/h3-5,7-10,13-15H,2,6,11-12H2,1H3,(H,25,28). The van der Waals surface area contributed by atoms with Gasteiger partial charge in [-0.15, -0.1) is 0 Å². The molecule has 0 fully saturated rings. The SMILES string of the molecule is CCN(CCCNC(=O)c1cc2cc3ccc(Cl)cc3nc2o1)c1ccccc1. The third-order valence-electron chi connectivity index (χ3n) is 4.88. The van der Waals surface area contributed by atoms with Crippen LogP contribution in [-0.4, -0.2) is 30.5 Å². The summed E-state index contributed by atoms with van der Waals surface area (Å²) in [5, 5.41) is 5.30. The quantitative estimate of drug-likeness (QED) is 0.423. The van der Waals surface area contributed by atoms with E-state index in [-0.39, 0.29) is 11.7 Å². The van der Waals surface area contributed by atoms with Crippen molar-refractivity contribution in [2.45, 2.75) is 13.3 Å². The largest absolute Gasteiger partial charge is 0.433 e. The molecule has 2 aromatic heterocycles. The highest BCUT2D eigenvalue weighted by Crippen LogP contribution is 2.25. The van der Waals surface area contributed by atoms with Crippen LogP contribution in [0.5, 0.6) is 0 Å². The van der Waals surface area contributed by atoms with Gasteiger partial charge in [0.15, 0.2) is 5.76 Å². The van der Waals surface area contributed by atoms with E-state index in [9.17, 15) is 4.79 Å². The molecule has 5 nitrogen and oxygen atoms in total. The van der Waals surface area contributed by atoms with E-state index in [4.69, 9.17) is 16.0 Å². The number of hydrogen-bond donors (Lipinski definition) is 1. The lowest BCUT2D eigenvalue weighted by Crippen LogP contribution is -2.29. The minimum atomic E-state index is -0.229. The summed E-state index contributed by atoms with van der Waals surface area (Å²) in [5.74, 6) is 0.0390. The number of para-hydroxylation sites is 1. The first-order valence-corrected chi connectivity index (χ1v) is 10.1. The van der Waals surface area contributed by atoms with Crippen LogP contribution in [0.3, 0.4) is 0 Å². The average molecular weight is 408 g/mol. The Kier molecular flexibility index (Phi) is 5.67. The van der Waals surface area contributed by atoms with Crippen molar-refractivity contribution in [3.63, 3.8) is 0 Å². The van der Waals surface area contributed by atoms with Gasteiger partial charge in [0.05, 0.1) is 5.52 Å². The number of nitrogens with one attached hydrogen (secondary N) is 1. The predicted molar refractivity (Wildman–Crippen MR) is 118 cm³/mol. The summed E-state index contributed by atoms with van der Waals surface area (Å²) in [5.41, 5.74) is 2.37. The van der Waals surface area contributed by atoms with Crippen LogP contribution in [0.25, 0.3) is 22.0 Å². The number of pyridine rings is 1. The maximum absolute atomic E-state index is 12.5. The van der Waals surface area contributed by atoms with E-state index in [1.165, 1.54) is 5.69 Å². The zero-order chi connectivity index (χ0) is 20.2. The van der Waals surface area contributed by atoms with Gasteiger partial charge in [-0.05, 0) is 49.7 Å². The highest BCUT2D eigenvalue weighted by molar-refractivity contribution is 6.31. The number of furan rings is 1. The zero-order valence-corrected chi connectivity index (χ0v) is 16.9. The molecular formula is C23H22ClN3O2. The average Bonchev–Trinajstić information content (AvgIpc) is 3.15. The van der Waals surface area contributed by atoms with Crippen LogP contribution < -0.4 is 10.2 Å². The summed E-state index contributed by atoms with van der Waals surface area (Å²) in [6, 6.07) is 19.5. The Hall–Kier alpha value is -3.05. The number of benzene rings is 2. The number of hydrogen-bond acceptors (Lipinski definition) is 4. The summed E-state index contributed by atoms with van der Waals surface area (Å²) < 4.78 is 5.67. The van der Waals surface area contributed by atoms with E-state index < -0.39 is 0 Å². The molecular weight excluding hydrogens is 386 g/mol. The van der Waals surface area contributed by atoms with Gasteiger partial charge in [0.2, 0.25) is 5.71 Å². The van der Waals surface area contributed by atoms with Crippen LogP contribution in [0.15, 0.2) is 65.1 Å². The van der Waals surface area contributed by atoms with Gasteiger partial charge in [0.25, 0.3) is 5.91 Å². The van der Waals surface area contributed by atoms with Crippen molar-refractivity contribution in [3.8, 4) is 0 Å². The molecule has 29 heavy (non-hydrogen) atoms. The number of halogens is 1. The predicted octanol–water partition coefficient (Wildman–Crippen LogP) is 5.28. The molecule has 2 heterocycles.